The molecule has 1 aliphatic heterocycles. The van der Waals surface area contributed by atoms with Crippen LogP contribution in [0.3, 0.4) is 0 Å². The van der Waals surface area contributed by atoms with E-state index in [1.807, 2.05) is 36.1 Å². The number of anilines is 1. The van der Waals surface area contributed by atoms with Crippen LogP contribution in [0.2, 0.25) is 0 Å². The third-order valence-corrected chi connectivity index (χ3v) is 7.46. The van der Waals surface area contributed by atoms with Gasteiger partial charge < -0.3 is 9.64 Å². The molecule has 0 spiro atoms. The van der Waals surface area contributed by atoms with Gasteiger partial charge in [-0.1, -0.05) is 24.1 Å². The molecule has 4 aromatic rings. The molecule has 1 aliphatic rings. The second kappa shape index (κ2) is 11.9. The summed E-state index contributed by atoms with van der Waals surface area (Å²) in [6.45, 7) is 9.43. The van der Waals surface area contributed by atoms with Crippen LogP contribution in [-0.4, -0.2) is 64.5 Å². The van der Waals surface area contributed by atoms with E-state index in [1.54, 1.807) is 39.3 Å². The first-order chi connectivity index (χ1) is 20.9. The lowest BCUT2D eigenvalue weighted by Gasteiger charge is -2.36. The smallest absolute Gasteiger partial charge is 0.433 e. The van der Waals surface area contributed by atoms with Crippen molar-refractivity contribution >= 4 is 34.1 Å². The third kappa shape index (κ3) is 5.77. The number of para-hydroxylation sites is 1. The lowest BCUT2D eigenvalue weighted by molar-refractivity contribution is 0.0146. The largest absolute Gasteiger partial charge is 0.442 e. The van der Waals surface area contributed by atoms with E-state index in [1.165, 1.54) is 4.57 Å². The van der Waals surface area contributed by atoms with Gasteiger partial charge in [-0.2, -0.15) is 9.99 Å². The highest BCUT2D eigenvalue weighted by Gasteiger charge is 2.35. The van der Waals surface area contributed by atoms with Gasteiger partial charge >= 0.3 is 11.8 Å². The summed E-state index contributed by atoms with van der Waals surface area (Å²) in [5, 5.41) is 4.69. The lowest BCUT2D eigenvalue weighted by Crippen LogP contribution is -2.49. The summed E-state index contributed by atoms with van der Waals surface area (Å²) < 4.78 is 9.49. The van der Waals surface area contributed by atoms with Gasteiger partial charge in [-0.25, -0.2) is 19.6 Å². The number of hydrogen-bond acceptors (Lipinski definition) is 10. The Morgan fingerprint density at radius 1 is 1.16 bits per heavy atom. The van der Waals surface area contributed by atoms with Gasteiger partial charge in [0.1, 0.15) is 11.4 Å². The van der Waals surface area contributed by atoms with E-state index in [4.69, 9.17) is 9.72 Å². The number of rotatable bonds is 6. The fourth-order valence-corrected chi connectivity index (χ4v) is 5.45. The zero-order chi connectivity index (χ0) is 31.8. The fourth-order valence-electron chi connectivity index (χ4n) is 5.45. The number of nitroso groups, excluding NO2 is 1. The van der Waals surface area contributed by atoms with Crippen molar-refractivity contribution in [2.75, 3.05) is 18.0 Å². The summed E-state index contributed by atoms with van der Waals surface area (Å²) in [7, 11) is 1.55. The van der Waals surface area contributed by atoms with Crippen LogP contribution in [0.25, 0.3) is 22.1 Å². The number of carbonyl (C=O) groups excluding carboxylic acids is 1. The molecular formula is C30H35N9O5. The molecule has 14 heteroatoms. The predicted octanol–water partition coefficient (Wildman–Crippen LogP) is 3.11. The highest BCUT2D eigenvalue weighted by atomic mass is 16.6. The number of benzene rings is 1. The second-order valence-corrected chi connectivity index (χ2v) is 11.7. The molecule has 1 atom stereocenters. The summed E-state index contributed by atoms with van der Waals surface area (Å²) in [5.41, 5.74) is -0.0625. The fraction of sp³-hybridized carbons (Fsp3) is 0.467. The Morgan fingerprint density at radius 3 is 2.61 bits per heavy atom. The number of piperidine rings is 1. The number of imidazole rings is 1. The first-order valence-electron chi connectivity index (χ1n) is 14.4. The Hall–Kier alpha value is -5.06. The molecule has 1 aromatic carbocycles. The Labute approximate surface area is 253 Å². The highest BCUT2D eigenvalue weighted by Crippen LogP contribution is 2.26. The van der Waals surface area contributed by atoms with Crippen LogP contribution in [0.15, 0.2) is 39.1 Å². The average Bonchev–Trinajstić information content (AvgIpc) is 3.36. The van der Waals surface area contributed by atoms with Crippen molar-refractivity contribution in [1.82, 2.24) is 33.7 Å². The van der Waals surface area contributed by atoms with Gasteiger partial charge in [0.2, 0.25) is 5.95 Å². The molecule has 0 N–H and O–H groups in total. The van der Waals surface area contributed by atoms with E-state index in [9.17, 15) is 19.3 Å². The van der Waals surface area contributed by atoms with Crippen molar-refractivity contribution in [2.45, 2.75) is 72.2 Å². The lowest BCUT2D eigenvalue weighted by atomic mass is 10.1. The zero-order valence-corrected chi connectivity index (χ0v) is 25.7. The summed E-state index contributed by atoms with van der Waals surface area (Å²) in [6, 6.07) is 6.96. The van der Waals surface area contributed by atoms with Crippen molar-refractivity contribution in [3.05, 3.63) is 61.5 Å². The maximum atomic E-state index is 14.0. The number of hydrogen-bond donors (Lipinski definition) is 0. The van der Waals surface area contributed by atoms with Crippen molar-refractivity contribution in [3.63, 3.8) is 0 Å². The average molecular weight is 602 g/mol. The number of amides is 1. The minimum atomic E-state index is -0.832. The second-order valence-electron chi connectivity index (χ2n) is 11.7. The molecule has 1 saturated heterocycles. The van der Waals surface area contributed by atoms with Gasteiger partial charge in [0.15, 0.2) is 11.2 Å². The Morgan fingerprint density at radius 2 is 1.91 bits per heavy atom. The summed E-state index contributed by atoms with van der Waals surface area (Å²) >= 11 is 0. The van der Waals surface area contributed by atoms with Crippen LogP contribution in [0.1, 0.15) is 52.1 Å². The first kappa shape index (κ1) is 30.4. The van der Waals surface area contributed by atoms with Crippen LogP contribution in [-0.2, 0) is 24.9 Å². The normalized spacial score (nSPS) is 15.2. The van der Waals surface area contributed by atoms with Crippen molar-refractivity contribution in [3.8, 4) is 11.8 Å². The predicted molar refractivity (Wildman–Crippen MR) is 165 cm³/mol. The van der Waals surface area contributed by atoms with E-state index >= 15 is 0 Å². The van der Waals surface area contributed by atoms with Crippen LogP contribution in [0, 0.1) is 23.7 Å². The van der Waals surface area contributed by atoms with E-state index in [0.717, 1.165) is 26.2 Å². The van der Waals surface area contributed by atoms with Gasteiger partial charge in [0.25, 0.3) is 5.56 Å². The monoisotopic (exact) mass is 601 g/mol. The highest BCUT2D eigenvalue weighted by molar-refractivity contribution is 5.80. The topological polar surface area (TPSA) is 150 Å². The quantitative estimate of drug-likeness (QED) is 0.185. The Kier molecular flexibility index (Phi) is 8.23. The Bertz CT molecular complexity index is 1940. The molecule has 14 nitrogen and oxygen atoms in total. The maximum absolute atomic E-state index is 14.0. The van der Waals surface area contributed by atoms with Crippen LogP contribution in [0.5, 0.6) is 0 Å². The molecule has 4 heterocycles. The molecule has 0 saturated carbocycles. The molecule has 0 bridgehead atoms. The van der Waals surface area contributed by atoms with Gasteiger partial charge in [-0.3, -0.25) is 18.5 Å². The molecule has 230 valence electrons. The van der Waals surface area contributed by atoms with Crippen LogP contribution in [0.4, 0.5) is 10.7 Å². The summed E-state index contributed by atoms with van der Waals surface area (Å²) in [4.78, 5) is 67.8. The number of nitrogens with zero attached hydrogens (tertiary/aromatic N) is 9. The summed E-state index contributed by atoms with van der Waals surface area (Å²) in [6.07, 6.45) is 0.304. The van der Waals surface area contributed by atoms with Gasteiger partial charge in [-0.15, -0.1) is 10.8 Å². The van der Waals surface area contributed by atoms with E-state index < -0.39 is 29.0 Å². The number of carbonyl (C=O) groups is 1. The van der Waals surface area contributed by atoms with Crippen molar-refractivity contribution < 1.29 is 9.53 Å². The van der Waals surface area contributed by atoms with Crippen LogP contribution >= 0.6 is 0 Å². The SMILES string of the molecule is CC#CCn1c(N2CCCC(N(N=O)C(=O)OC(C)(C)C)C2)nc2c1c(=O)n(Cc1nc(C)c3ccccc3n1)c(=O)n2C. The van der Waals surface area contributed by atoms with Gasteiger partial charge in [0.05, 0.1) is 29.9 Å². The number of aryl methyl sites for hydroxylation is 2. The number of aromatic nitrogens is 6. The molecular weight excluding hydrogens is 566 g/mol. The first-order valence-corrected chi connectivity index (χ1v) is 14.4. The Balaban J connectivity index is 1.58. The molecule has 3 aromatic heterocycles. The molecule has 5 rings (SSSR count). The van der Waals surface area contributed by atoms with Crippen LogP contribution < -0.4 is 16.1 Å². The summed E-state index contributed by atoms with van der Waals surface area (Å²) in [5.74, 6) is 6.59. The van der Waals surface area contributed by atoms with Gasteiger partial charge in [0, 0.05) is 31.2 Å². The molecule has 0 radical (unpaired) electrons. The van der Waals surface area contributed by atoms with E-state index in [0.29, 0.717) is 31.2 Å². The molecule has 1 amide bonds. The van der Waals surface area contributed by atoms with Crippen molar-refractivity contribution in [1.29, 1.82) is 0 Å². The maximum Gasteiger partial charge on any atom is 0.433 e. The van der Waals surface area contributed by atoms with E-state index in [2.05, 4.69) is 27.1 Å². The molecule has 0 aliphatic carbocycles. The van der Waals surface area contributed by atoms with Gasteiger partial charge in [-0.05, 0) is 53.5 Å². The molecule has 1 unspecified atom stereocenters. The minimum Gasteiger partial charge on any atom is -0.442 e. The number of ether oxygens (including phenoxy) is 1. The zero-order valence-electron chi connectivity index (χ0n) is 25.7. The third-order valence-electron chi connectivity index (χ3n) is 7.46. The molecule has 1 fully saturated rings. The van der Waals surface area contributed by atoms with Crippen molar-refractivity contribution in [2.24, 2.45) is 12.3 Å². The minimum absolute atomic E-state index is 0.129. The van der Waals surface area contributed by atoms with E-state index in [-0.39, 0.29) is 30.8 Å². The number of fused-ring (bicyclic) bond motifs is 2. The molecule has 44 heavy (non-hydrogen) atoms. The standard InChI is InChI=1S/C30H35N9O5/c1-7-8-16-37-24-25(33-27(37)36-15-11-12-20(17-36)39(34-43)29(42)44-30(3,4)5)35(6)28(41)38(26(24)40)18-23-31-19(2)21-13-9-10-14-22(21)32-23/h9-10,13-14,20H,11-12,15-18H2,1-6H3.